The molecule has 0 aromatic heterocycles. The number of halogens is 9. The number of hydrogen-bond donors (Lipinski definition) is 3. The summed E-state index contributed by atoms with van der Waals surface area (Å²) in [5.74, 6) is -9.13. The van der Waals surface area contributed by atoms with Crippen molar-refractivity contribution in [1.82, 2.24) is 5.43 Å². The molecule has 0 aliphatic heterocycles. The van der Waals surface area contributed by atoms with Gasteiger partial charge in [-0.3, -0.25) is 10.4 Å². The van der Waals surface area contributed by atoms with Gasteiger partial charge in [0.15, 0.2) is 0 Å². The van der Waals surface area contributed by atoms with Crippen molar-refractivity contribution in [3.05, 3.63) is 71.8 Å². The van der Waals surface area contributed by atoms with Crippen molar-refractivity contribution < 1.29 is 52.5 Å². The summed E-state index contributed by atoms with van der Waals surface area (Å²) in [5, 5.41) is -7.00. The average molecular weight is 498 g/mol. The Morgan fingerprint density at radius 1 is 0.719 bits per heavy atom. The van der Waals surface area contributed by atoms with E-state index < -0.39 is 33.4 Å². The van der Waals surface area contributed by atoms with Crippen molar-refractivity contribution in [2.45, 2.75) is 29.3 Å². The molecule has 2 aromatic carbocycles. The minimum Gasteiger partial charge on any atom is -0.281 e. The van der Waals surface area contributed by atoms with Gasteiger partial charge >= 0.3 is 33.4 Å². The molecule has 0 amide bonds. The Hall–Kier alpha value is -2.36. The van der Waals surface area contributed by atoms with E-state index in [0.717, 1.165) is 0 Å². The van der Waals surface area contributed by atoms with E-state index in [9.17, 15) is 47.9 Å². The Labute approximate surface area is 175 Å². The Bertz CT molecular complexity index is 930. The molecule has 0 saturated heterocycles. The van der Waals surface area contributed by atoms with E-state index in [1.54, 1.807) is 0 Å². The van der Waals surface area contributed by atoms with E-state index in [4.69, 9.17) is 10.4 Å². The van der Waals surface area contributed by atoms with E-state index in [0.29, 0.717) is 0 Å². The lowest BCUT2D eigenvalue weighted by molar-refractivity contribution is -0.382. The van der Waals surface area contributed by atoms with Crippen molar-refractivity contribution in [1.29, 1.82) is 0 Å². The maximum absolute atomic E-state index is 12.2. The van der Waals surface area contributed by atoms with Crippen LogP contribution in [0.3, 0.4) is 0 Å². The van der Waals surface area contributed by atoms with Crippen LogP contribution >= 0.6 is 0 Å². The van der Waals surface area contributed by atoms with Crippen molar-refractivity contribution in [2.24, 2.45) is 5.84 Å². The monoisotopic (exact) mass is 498 g/mol. The van der Waals surface area contributed by atoms with E-state index in [1.165, 1.54) is 11.1 Å². The molecule has 32 heavy (non-hydrogen) atoms. The summed E-state index contributed by atoms with van der Waals surface area (Å²) in [6, 6.07) is 20.4. The molecule has 5 nitrogen and oxygen atoms in total. The summed E-state index contributed by atoms with van der Waals surface area (Å²) in [7, 11) is -7.17. The Morgan fingerprint density at radius 2 is 1.06 bits per heavy atom. The number of benzene rings is 2. The number of hydrazine groups is 1. The van der Waals surface area contributed by atoms with E-state index in [1.807, 2.05) is 36.4 Å². The number of nitrogens with two attached hydrogens (primary N) is 1. The van der Waals surface area contributed by atoms with Gasteiger partial charge in [0, 0.05) is 0 Å². The van der Waals surface area contributed by atoms with Crippen molar-refractivity contribution in [3.8, 4) is 0 Å². The molecular weight excluding hydrogens is 483 g/mol. The molecule has 2 aromatic rings. The number of alkyl halides is 9. The van der Waals surface area contributed by atoms with Gasteiger partial charge in [-0.25, -0.2) is 5.43 Å². The van der Waals surface area contributed by atoms with Gasteiger partial charge < -0.3 is 0 Å². The number of rotatable bonds is 6. The predicted molar refractivity (Wildman–Crippen MR) is 94.5 cm³/mol. The summed E-state index contributed by atoms with van der Waals surface area (Å²) in [6.07, 6.45) is -7.13. The molecule has 180 valence electrons. The van der Waals surface area contributed by atoms with Gasteiger partial charge in [-0.2, -0.15) is 47.9 Å². The van der Waals surface area contributed by atoms with Crippen molar-refractivity contribution in [3.63, 3.8) is 0 Å². The van der Waals surface area contributed by atoms with Crippen LogP contribution in [0.5, 0.6) is 0 Å². The highest BCUT2D eigenvalue weighted by molar-refractivity contribution is 7.87. The van der Waals surface area contributed by atoms with Crippen LogP contribution in [0.4, 0.5) is 39.5 Å². The summed E-state index contributed by atoms with van der Waals surface area (Å²) in [5.41, 5.74) is 5.18. The van der Waals surface area contributed by atoms with Gasteiger partial charge in [0.05, 0.1) is 6.04 Å². The molecule has 0 aliphatic rings. The Morgan fingerprint density at radius 3 is 1.31 bits per heavy atom. The standard InChI is InChI=1S/C13H14N2.C4HF9O3S/c14-15-13(11-7-3-1-4-8-11)12-9-5-2-6-10-12;5-1(6,3(9,10)11)2(7,8)4(12,13)17(14,15)16/h1-10,13,15H,14H2;(H,14,15,16). The fourth-order valence-corrected chi connectivity index (χ4v) is 2.65. The second-order valence-corrected chi connectivity index (χ2v) is 7.52. The third-order valence-corrected chi connectivity index (χ3v) is 4.78. The number of nitrogens with one attached hydrogen (secondary N) is 1. The largest absolute Gasteiger partial charge is 0.460 e. The molecule has 0 unspecified atom stereocenters. The molecule has 0 fully saturated rings. The molecule has 0 spiro atoms. The summed E-state index contributed by atoms with van der Waals surface area (Å²) < 4.78 is 134. The highest BCUT2D eigenvalue weighted by atomic mass is 32.2. The van der Waals surface area contributed by atoms with Crippen molar-refractivity contribution in [2.75, 3.05) is 0 Å². The third-order valence-electron chi connectivity index (χ3n) is 3.87. The molecule has 0 radical (unpaired) electrons. The molecule has 4 N–H and O–H groups in total. The molecule has 2 rings (SSSR count). The fourth-order valence-electron chi connectivity index (χ4n) is 2.20. The fraction of sp³-hybridized carbons (Fsp3) is 0.294. The molecule has 0 aliphatic carbocycles. The lowest BCUT2D eigenvalue weighted by Crippen LogP contribution is -2.63. The first-order valence-corrected chi connectivity index (χ1v) is 9.59. The molecule has 0 bridgehead atoms. The normalized spacial score (nSPS) is 13.5. The number of hydrogen-bond acceptors (Lipinski definition) is 4. The van der Waals surface area contributed by atoms with Gasteiger partial charge in [-0.1, -0.05) is 60.7 Å². The minimum absolute atomic E-state index is 0.0624. The van der Waals surface area contributed by atoms with Crippen LogP contribution in [0.15, 0.2) is 60.7 Å². The van der Waals surface area contributed by atoms with Crippen LogP contribution in [0.1, 0.15) is 17.2 Å². The quantitative estimate of drug-likeness (QED) is 0.236. The first-order chi connectivity index (χ1) is 14.4. The maximum Gasteiger partial charge on any atom is 0.460 e. The zero-order valence-electron chi connectivity index (χ0n) is 15.5. The molecule has 0 atom stereocenters. The van der Waals surface area contributed by atoms with Crippen LogP contribution in [0.25, 0.3) is 0 Å². The maximum atomic E-state index is 12.2. The molecule has 15 heteroatoms. The summed E-state index contributed by atoms with van der Waals surface area (Å²) in [6.45, 7) is 0. The first kappa shape index (κ1) is 27.7. The van der Waals surface area contributed by atoms with Crippen LogP contribution in [-0.2, 0) is 10.1 Å². The molecule has 0 saturated carbocycles. The lowest BCUT2D eigenvalue weighted by atomic mass is 10.00. The van der Waals surface area contributed by atoms with Crippen LogP contribution in [-0.4, -0.2) is 36.2 Å². The molecule has 0 heterocycles. The van der Waals surface area contributed by atoms with Crippen LogP contribution < -0.4 is 11.3 Å². The van der Waals surface area contributed by atoms with Gasteiger partial charge in [0.1, 0.15) is 0 Å². The van der Waals surface area contributed by atoms with E-state index >= 15 is 0 Å². The first-order valence-electron chi connectivity index (χ1n) is 8.15. The van der Waals surface area contributed by atoms with Crippen LogP contribution in [0, 0.1) is 0 Å². The van der Waals surface area contributed by atoms with E-state index in [-0.39, 0.29) is 6.04 Å². The second kappa shape index (κ2) is 9.64. The summed E-state index contributed by atoms with van der Waals surface area (Å²) in [4.78, 5) is 0. The summed E-state index contributed by atoms with van der Waals surface area (Å²) >= 11 is 0. The molecular formula is C17H15F9N2O3S. The smallest absolute Gasteiger partial charge is 0.281 e. The van der Waals surface area contributed by atoms with Gasteiger partial charge in [0.2, 0.25) is 0 Å². The zero-order chi connectivity index (χ0) is 25.0. The lowest BCUT2D eigenvalue weighted by Gasteiger charge is -2.31. The Kier molecular flexibility index (Phi) is 8.34. The Balaban J connectivity index is 0.000000321. The second-order valence-electron chi connectivity index (χ2n) is 6.06. The van der Waals surface area contributed by atoms with E-state index in [2.05, 4.69) is 29.7 Å². The van der Waals surface area contributed by atoms with Gasteiger partial charge in [0.25, 0.3) is 0 Å². The highest BCUT2D eigenvalue weighted by Crippen LogP contribution is 2.54. The van der Waals surface area contributed by atoms with Crippen molar-refractivity contribution >= 4 is 10.1 Å². The van der Waals surface area contributed by atoms with Gasteiger partial charge in [-0.05, 0) is 11.1 Å². The third kappa shape index (κ3) is 5.51. The topological polar surface area (TPSA) is 92.4 Å². The minimum atomic E-state index is -7.37. The predicted octanol–water partition coefficient (Wildman–Crippen LogP) is 4.54. The van der Waals surface area contributed by atoms with Gasteiger partial charge in [-0.15, -0.1) is 0 Å². The van der Waals surface area contributed by atoms with Crippen LogP contribution in [0.2, 0.25) is 0 Å². The SMILES string of the molecule is NNC(c1ccccc1)c1ccccc1.O=S(=O)(O)C(F)(F)C(F)(F)C(F)(F)C(F)(F)F. The highest BCUT2D eigenvalue weighted by Gasteiger charge is 2.85. The average Bonchev–Trinajstić information content (AvgIpc) is 2.69. The zero-order valence-corrected chi connectivity index (χ0v) is 16.3.